The lowest BCUT2D eigenvalue weighted by Crippen LogP contribution is -2.47. The monoisotopic (exact) mass is 347 g/mol. The minimum absolute atomic E-state index is 0.0989. The largest absolute Gasteiger partial charge is 0.305 e. The molecular weight excluding hydrogens is 330 g/mol. The molecule has 1 atom stereocenters. The molecule has 1 aromatic carbocycles. The van der Waals surface area contributed by atoms with E-state index in [-0.39, 0.29) is 16.0 Å². The van der Waals surface area contributed by atoms with Gasteiger partial charge in [0, 0.05) is 30.2 Å². The second-order valence-corrected chi connectivity index (χ2v) is 7.83. The van der Waals surface area contributed by atoms with E-state index >= 15 is 0 Å². The number of piperidine rings is 1. The molecule has 0 bridgehead atoms. The van der Waals surface area contributed by atoms with Crippen LogP contribution in [0.3, 0.4) is 0 Å². The van der Waals surface area contributed by atoms with E-state index in [1.165, 1.54) is 10.4 Å². The molecule has 1 fully saturated rings. The molecular formula is C13H18ClN3O4S. The van der Waals surface area contributed by atoms with Crippen molar-refractivity contribution >= 4 is 27.3 Å². The first-order valence-corrected chi connectivity index (χ1v) is 8.66. The van der Waals surface area contributed by atoms with E-state index in [9.17, 15) is 18.5 Å². The summed E-state index contributed by atoms with van der Waals surface area (Å²) in [4.78, 5) is 12.0. The maximum atomic E-state index is 12.8. The third kappa shape index (κ3) is 3.40. The van der Waals surface area contributed by atoms with Crippen molar-refractivity contribution in [1.82, 2.24) is 9.21 Å². The molecule has 0 aliphatic carbocycles. The van der Waals surface area contributed by atoms with Gasteiger partial charge in [0.15, 0.2) is 4.90 Å². The zero-order valence-corrected chi connectivity index (χ0v) is 14.0. The SMILES string of the molecule is CN(C)C1CCCN(S(=O)(=O)c2cc(Cl)ccc2[N+](=O)[O-])C1. The Labute approximate surface area is 134 Å². The van der Waals surface area contributed by atoms with Gasteiger partial charge in [-0.2, -0.15) is 4.31 Å². The lowest BCUT2D eigenvalue weighted by Gasteiger charge is -2.35. The molecule has 7 nitrogen and oxygen atoms in total. The molecule has 0 N–H and O–H groups in total. The van der Waals surface area contributed by atoms with Gasteiger partial charge in [-0.3, -0.25) is 10.1 Å². The van der Waals surface area contributed by atoms with Crippen LogP contribution in [0.1, 0.15) is 12.8 Å². The van der Waals surface area contributed by atoms with Crippen molar-refractivity contribution in [3.8, 4) is 0 Å². The number of halogens is 1. The number of hydrogen-bond donors (Lipinski definition) is 0. The number of nitro benzene ring substituents is 1. The molecule has 0 radical (unpaired) electrons. The van der Waals surface area contributed by atoms with Crippen molar-refractivity contribution < 1.29 is 13.3 Å². The number of likely N-dealkylation sites (N-methyl/N-ethyl adjacent to an activating group) is 1. The first-order valence-electron chi connectivity index (χ1n) is 6.84. The van der Waals surface area contributed by atoms with Crippen LogP contribution in [-0.4, -0.2) is 55.8 Å². The normalized spacial score (nSPS) is 20.3. The molecule has 1 heterocycles. The van der Waals surface area contributed by atoms with E-state index < -0.39 is 20.6 Å². The van der Waals surface area contributed by atoms with Crippen molar-refractivity contribution in [3.05, 3.63) is 33.3 Å². The Hall–Kier alpha value is -1.22. The number of nitrogens with zero attached hydrogens (tertiary/aromatic N) is 3. The van der Waals surface area contributed by atoms with Gasteiger partial charge in [-0.15, -0.1) is 0 Å². The summed E-state index contributed by atoms with van der Waals surface area (Å²) in [5.74, 6) is 0. The van der Waals surface area contributed by atoms with Crippen LogP contribution < -0.4 is 0 Å². The minimum Gasteiger partial charge on any atom is -0.305 e. The maximum absolute atomic E-state index is 12.8. The molecule has 1 aliphatic heterocycles. The Morgan fingerprint density at radius 3 is 2.68 bits per heavy atom. The lowest BCUT2D eigenvalue weighted by molar-refractivity contribution is -0.387. The smallest absolute Gasteiger partial charge is 0.289 e. The Morgan fingerprint density at radius 2 is 2.09 bits per heavy atom. The van der Waals surface area contributed by atoms with Crippen LogP contribution >= 0.6 is 11.6 Å². The Kier molecular flexibility index (Phi) is 5.06. The van der Waals surface area contributed by atoms with Crippen molar-refractivity contribution in [2.45, 2.75) is 23.8 Å². The van der Waals surface area contributed by atoms with Crippen LogP contribution in [0.5, 0.6) is 0 Å². The highest BCUT2D eigenvalue weighted by molar-refractivity contribution is 7.89. The first kappa shape index (κ1) is 17.1. The number of nitro groups is 1. The van der Waals surface area contributed by atoms with Crippen molar-refractivity contribution in [1.29, 1.82) is 0 Å². The predicted octanol–water partition coefficient (Wildman–Crippen LogP) is 1.96. The summed E-state index contributed by atoms with van der Waals surface area (Å²) in [6.45, 7) is 0.676. The summed E-state index contributed by atoms with van der Waals surface area (Å²) >= 11 is 5.83. The van der Waals surface area contributed by atoms with Gasteiger partial charge in [0.2, 0.25) is 10.0 Å². The van der Waals surface area contributed by atoms with E-state index in [1.54, 1.807) is 0 Å². The van der Waals surface area contributed by atoms with E-state index in [2.05, 4.69) is 0 Å². The fourth-order valence-corrected chi connectivity index (χ4v) is 4.48. The van der Waals surface area contributed by atoms with Gasteiger partial charge >= 0.3 is 0 Å². The zero-order chi connectivity index (χ0) is 16.5. The van der Waals surface area contributed by atoms with Gasteiger partial charge in [-0.25, -0.2) is 8.42 Å². The molecule has 0 spiro atoms. The molecule has 0 aromatic heterocycles. The van der Waals surface area contributed by atoms with Crippen LogP contribution in [0.2, 0.25) is 5.02 Å². The number of hydrogen-bond acceptors (Lipinski definition) is 5. The highest BCUT2D eigenvalue weighted by atomic mass is 35.5. The molecule has 1 saturated heterocycles. The summed E-state index contributed by atoms with van der Waals surface area (Å²) < 4.78 is 26.9. The quantitative estimate of drug-likeness (QED) is 0.614. The molecule has 1 aromatic rings. The van der Waals surface area contributed by atoms with E-state index in [1.807, 2.05) is 19.0 Å². The highest BCUT2D eigenvalue weighted by Gasteiger charge is 2.35. The zero-order valence-electron chi connectivity index (χ0n) is 12.4. The maximum Gasteiger partial charge on any atom is 0.289 e. The van der Waals surface area contributed by atoms with Crippen LogP contribution in [0.4, 0.5) is 5.69 Å². The summed E-state index contributed by atoms with van der Waals surface area (Å²) in [6, 6.07) is 3.69. The number of sulfonamides is 1. The molecule has 2 rings (SSSR count). The van der Waals surface area contributed by atoms with Gasteiger partial charge in [-0.1, -0.05) is 11.6 Å². The summed E-state index contributed by atoms with van der Waals surface area (Å²) in [6.07, 6.45) is 1.62. The molecule has 1 aliphatic rings. The summed E-state index contributed by atoms with van der Waals surface area (Å²) in [5.41, 5.74) is -0.448. The molecule has 1 unspecified atom stereocenters. The first-order chi connectivity index (χ1) is 10.2. The van der Waals surface area contributed by atoms with E-state index in [4.69, 9.17) is 11.6 Å². The highest BCUT2D eigenvalue weighted by Crippen LogP contribution is 2.31. The van der Waals surface area contributed by atoms with Gasteiger partial charge < -0.3 is 4.90 Å². The van der Waals surface area contributed by atoms with Gasteiger partial charge in [-0.05, 0) is 39.1 Å². The second-order valence-electron chi connectivity index (χ2n) is 5.49. The number of rotatable bonds is 4. The Bertz CT molecular complexity index is 678. The second kappa shape index (κ2) is 6.49. The van der Waals surface area contributed by atoms with E-state index in [0.717, 1.165) is 25.0 Å². The third-order valence-electron chi connectivity index (χ3n) is 3.83. The van der Waals surface area contributed by atoms with Crippen molar-refractivity contribution in [2.75, 3.05) is 27.2 Å². The minimum atomic E-state index is -3.95. The fourth-order valence-electron chi connectivity index (χ4n) is 2.55. The average molecular weight is 348 g/mol. The summed E-state index contributed by atoms with van der Waals surface area (Å²) in [7, 11) is -0.163. The standard InChI is InChI=1S/C13H18ClN3O4S/c1-15(2)11-4-3-7-16(9-11)22(20,21)13-8-10(14)5-6-12(13)17(18)19/h5-6,8,11H,3-4,7,9H2,1-2H3. The molecule has 0 saturated carbocycles. The van der Waals surface area contributed by atoms with Crippen LogP contribution in [0.25, 0.3) is 0 Å². The van der Waals surface area contributed by atoms with Gasteiger partial charge in [0.05, 0.1) is 4.92 Å². The molecule has 9 heteroatoms. The average Bonchev–Trinajstić information content (AvgIpc) is 2.47. The third-order valence-corrected chi connectivity index (χ3v) is 5.96. The van der Waals surface area contributed by atoms with Crippen molar-refractivity contribution in [2.24, 2.45) is 0 Å². The molecule has 22 heavy (non-hydrogen) atoms. The van der Waals surface area contributed by atoms with Crippen LogP contribution in [-0.2, 0) is 10.0 Å². The van der Waals surface area contributed by atoms with Crippen LogP contribution in [0, 0.1) is 10.1 Å². The summed E-state index contributed by atoms with van der Waals surface area (Å²) in [5, 5.41) is 11.3. The lowest BCUT2D eigenvalue weighted by atomic mass is 10.1. The van der Waals surface area contributed by atoms with E-state index in [0.29, 0.717) is 13.1 Å². The Morgan fingerprint density at radius 1 is 1.41 bits per heavy atom. The predicted molar refractivity (Wildman–Crippen MR) is 83.6 cm³/mol. The Balaban J connectivity index is 2.42. The molecule has 0 amide bonds. The van der Waals surface area contributed by atoms with Crippen molar-refractivity contribution in [3.63, 3.8) is 0 Å². The number of benzene rings is 1. The van der Waals surface area contributed by atoms with Gasteiger partial charge in [0.25, 0.3) is 5.69 Å². The van der Waals surface area contributed by atoms with Gasteiger partial charge in [0.1, 0.15) is 0 Å². The fraction of sp³-hybridized carbons (Fsp3) is 0.538. The van der Waals surface area contributed by atoms with Crippen LogP contribution in [0.15, 0.2) is 23.1 Å². The topological polar surface area (TPSA) is 83.8 Å². The molecule has 122 valence electrons.